The minimum Gasteiger partial charge on any atom is -0.347 e. The van der Waals surface area contributed by atoms with E-state index in [1.54, 1.807) is 29.9 Å². The van der Waals surface area contributed by atoms with Gasteiger partial charge < -0.3 is 5.32 Å². The van der Waals surface area contributed by atoms with Crippen molar-refractivity contribution >= 4 is 15.9 Å². The Labute approximate surface area is 122 Å². The number of aryl methyl sites for hydroxylation is 2. The first-order chi connectivity index (χ1) is 9.77. The number of aromatic nitrogens is 2. The number of carbonyl (C=O) groups excluding carboxylic acids is 1. The quantitative estimate of drug-likeness (QED) is 0.847. The second-order valence-electron chi connectivity index (χ2n) is 4.67. The molecule has 1 heterocycles. The number of sulfonamides is 1. The van der Waals surface area contributed by atoms with Gasteiger partial charge in [-0.05, 0) is 30.7 Å². The number of hydrogen-bond donors (Lipinski definition) is 2. The first-order valence-electron chi connectivity index (χ1n) is 6.18. The van der Waals surface area contributed by atoms with E-state index in [1.165, 1.54) is 12.1 Å². The molecule has 8 heteroatoms. The Bertz CT molecular complexity index is 744. The van der Waals surface area contributed by atoms with Crippen molar-refractivity contribution in [2.45, 2.75) is 18.4 Å². The molecule has 21 heavy (non-hydrogen) atoms. The lowest BCUT2D eigenvalue weighted by atomic mass is 10.2. The molecule has 0 spiro atoms. The van der Waals surface area contributed by atoms with Crippen LogP contribution < -0.4 is 10.5 Å². The number of nitrogens with one attached hydrogen (secondary N) is 1. The summed E-state index contributed by atoms with van der Waals surface area (Å²) in [6.07, 6.45) is 0. The summed E-state index contributed by atoms with van der Waals surface area (Å²) in [4.78, 5) is 11.9. The summed E-state index contributed by atoms with van der Waals surface area (Å²) >= 11 is 0. The molecule has 7 nitrogen and oxygen atoms in total. The van der Waals surface area contributed by atoms with Crippen LogP contribution in [0.15, 0.2) is 35.2 Å². The van der Waals surface area contributed by atoms with Crippen molar-refractivity contribution in [2.75, 3.05) is 0 Å². The van der Waals surface area contributed by atoms with Crippen LogP contribution in [0.5, 0.6) is 0 Å². The van der Waals surface area contributed by atoms with Crippen LogP contribution in [0.25, 0.3) is 0 Å². The fourth-order valence-electron chi connectivity index (χ4n) is 1.74. The summed E-state index contributed by atoms with van der Waals surface area (Å²) in [5, 5.41) is 11.8. The first-order valence-corrected chi connectivity index (χ1v) is 7.72. The highest BCUT2D eigenvalue weighted by molar-refractivity contribution is 7.89. The number of nitrogens with two attached hydrogens (primary N) is 1. The highest BCUT2D eigenvalue weighted by Gasteiger charge is 2.11. The van der Waals surface area contributed by atoms with Crippen molar-refractivity contribution in [3.63, 3.8) is 0 Å². The third kappa shape index (κ3) is 3.67. The molecule has 3 N–H and O–H groups in total. The van der Waals surface area contributed by atoms with Gasteiger partial charge in [0, 0.05) is 19.3 Å². The average molecular weight is 308 g/mol. The van der Waals surface area contributed by atoms with Gasteiger partial charge in [0.15, 0.2) is 0 Å². The van der Waals surface area contributed by atoms with Gasteiger partial charge in [0.25, 0.3) is 5.91 Å². The van der Waals surface area contributed by atoms with E-state index in [2.05, 4.69) is 10.4 Å². The Morgan fingerprint density at radius 3 is 2.43 bits per heavy atom. The smallest absolute Gasteiger partial charge is 0.272 e. The van der Waals surface area contributed by atoms with Gasteiger partial charge in [-0.1, -0.05) is 12.1 Å². The molecular formula is C13H16N4O3S. The summed E-state index contributed by atoms with van der Waals surface area (Å²) in [5.41, 5.74) is 2.00. The summed E-state index contributed by atoms with van der Waals surface area (Å²) in [5.74, 6) is -0.283. The standard InChI is InChI=1S/C13H16N4O3S/c1-9-7-12(16-17(9)2)13(18)15-8-10-3-5-11(6-4-10)21(14,19)20/h3-7H,8H2,1-2H3,(H,15,18)(H2,14,19,20). The zero-order valence-electron chi connectivity index (χ0n) is 11.7. The SMILES string of the molecule is Cc1cc(C(=O)NCc2ccc(S(N)(=O)=O)cc2)nn1C. The predicted molar refractivity (Wildman–Crippen MR) is 76.9 cm³/mol. The van der Waals surface area contributed by atoms with Crippen molar-refractivity contribution < 1.29 is 13.2 Å². The van der Waals surface area contributed by atoms with Gasteiger partial charge in [-0.3, -0.25) is 9.48 Å². The Hall–Kier alpha value is -2.19. The molecule has 112 valence electrons. The number of carbonyl (C=O) groups is 1. The van der Waals surface area contributed by atoms with E-state index in [1.807, 2.05) is 6.92 Å². The van der Waals surface area contributed by atoms with E-state index in [0.717, 1.165) is 11.3 Å². The number of amides is 1. The largest absolute Gasteiger partial charge is 0.347 e. The molecule has 1 amide bonds. The van der Waals surface area contributed by atoms with Crippen molar-refractivity contribution in [3.8, 4) is 0 Å². The van der Waals surface area contributed by atoms with E-state index >= 15 is 0 Å². The van der Waals surface area contributed by atoms with E-state index in [0.29, 0.717) is 5.69 Å². The molecule has 0 aliphatic carbocycles. The Balaban J connectivity index is 2.01. The van der Waals surface area contributed by atoms with Crippen molar-refractivity contribution in [1.82, 2.24) is 15.1 Å². The van der Waals surface area contributed by atoms with Gasteiger partial charge in [0.05, 0.1) is 4.90 Å². The highest BCUT2D eigenvalue weighted by atomic mass is 32.2. The molecule has 2 rings (SSSR count). The van der Waals surface area contributed by atoms with Gasteiger partial charge in [-0.2, -0.15) is 5.10 Å². The van der Waals surface area contributed by atoms with Gasteiger partial charge in [-0.25, -0.2) is 13.6 Å². The molecule has 0 unspecified atom stereocenters. The molecule has 0 aliphatic heterocycles. The van der Waals surface area contributed by atoms with E-state index in [4.69, 9.17) is 5.14 Å². The van der Waals surface area contributed by atoms with Crippen LogP contribution in [0, 0.1) is 6.92 Å². The van der Waals surface area contributed by atoms with E-state index in [9.17, 15) is 13.2 Å². The molecule has 0 saturated heterocycles. The number of primary sulfonamides is 1. The number of benzene rings is 1. The lowest BCUT2D eigenvalue weighted by Gasteiger charge is -2.04. The summed E-state index contributed by atoms with van der Waals surface area (Å²) in [7, 11) is -1.93. The van der Waals surface area contributed by atoms with Crippen LogP contribution in [0.4, 0.5) is 0 Å². The third-order valence-corrected chi connectivity index (χ3v) is 3.98. The van der Waals surface area contributed by atoms with Gasteiger partial charge >= 0.3 is 0 Å². The van der Waals surface area contributed by atoms with Crippen molar-refractivity contribution in [1.29, 1.82) is 0 Å². The number of hydrogen-bond acceptors (Lipinski definition) is 4. The summed E-state index contributed by atoms with van der Waals surface area (Å²) in [6, 6.07) is 7.70. The lowest BCUT2D eigenvalue weighted by Crippen LogP contribution is -2.23. The Morgan fingerprint density at radius 2 is 1.95 bits per heavy atom. The molecule has 1 aromatic carbocycles. The Morgan fingerprint density at radius 1 is 1.33 bits per heavy atom. The second kappa shape index (κ2) is 5.66. The number of rotatable bonds is 4. The number of nitrogens with zero attached hydrogens (tertiary/aromatic N) is 2. The fraction of sp³-hybridized carbons (Fsp3) is 0.231. The van der Waals surface area contributed by atoms with Crippen LogP contribution in [0.1, 0.15) is 21.7 Å². The zero-order valence-corrected chi connectivity index (χ0v) is 12.5. The Kier molecular flexibility index (Phi) is 4.10. The van der Waals surface area contributed by atoms with E-state index in [-0.39, 0.29) is 17.3 Å². The second-order valence-corrected chi connectivity index (χ2v) is 6.23. The van der Waals surface area contributed by atoms with Crippen LogP contribution >= 0.6 is 0 Å². The fourth-order valence-corrected chi connectivity index (χ4v) is 2.26. The first kappa shape index (κ1) is 15.2. The molecule has 0 saturated carbocycles. The van der Waals surface area contributed by atoms with Crippen LogP contribution in [-0.2, 0) is 23.6 Å². The molecule has 0 aliphatic rings. The average Bonchev–Trinajstić information content (AvgIpc) is 2.75. The summed E-state index contributed by atoms with van der Waals surface area (Å²) < 4.78 is 23.9. The van der Waals surface area contributed by atoms with Crippen molar-refractivity contribution in [2.24, 2.45) is 12.2 Å². The normalized spacial score (nSPS) is 11.4. The molecule has 1 aromatic heterocycles. The maximum Gasteiger partial charge on any atom is 0.272 e. The molecule has 0 radical (unpaired) electrons. The zero-order chi connectivity index (χ0) is 15.6. The minimum atomic E-state index is -3.70. The molecule has 0 atom stereocenters. The van der Waals surface area contributed by atoms with Gasteiger partial charge in [0.2, 0.25) is 10.0 Å². The molecule has 2 aromatic rings. The maximum absolute atomic E-state index is 11.9. The summed E-state index contributed by atoms with van der Waals surface area (Å²) in [6.45, 7) is 2.13. The topological polar surface area (TPSA) is 107 Å². The molecule has 0 fully saturated rings. The maximum atomic E-state index is 11.9. The predicted octanol–water partition coefficient (Wildman–Crippen LogP) is 0.306. The van der Waals surface area contributed by atoms with E-state index < -0.39 is 10.0 Å². The molecule has 0 bridgehead atoms. The van der Waals surface area contributed by atoms with Gasteiger partial charge in [-0.15, -0.1) is 0 Å². The minimum absolute atomic E-state index is 0.0397. The van der Waals surface area contributed by atoms with Crippen LogP contribution in [0.2, 0.25) is 0 Å². The highest BCUT2D eigenvalue weighted by Crippen LogP contribution is 2.09. The van der Waals surface area contributed by atoms with Crippen LogP contribution in [-0.4, -0.2) is 24.1 Å². The third-order valence-electron chi connectivity index (χ3n) is 3.05. The van der Waals surface area contributed by atoms with Gasteiger partial charge in [0.1, 0.15) is 5.69 Å². The van der Waals surface area contributed by atoms with Crippen molar-refractivity contribution in [3.05, 3.63) is 47.3 Å². The monoisotopic (exact) mass is 308 g/mol. The lowest BCUT2D eigenvalue weighted by molar-refractivity contribution is 0.0945. The van der Waals surface area contributed by atoms with Crippen LogP contribution in [0.3, 0.4) is 0 Å². The molecular weight excluding hydrogens is 292 g/mol.